The highest BCUT2D eigenvalue weighted by Gasteiger charge is 2.26. The van der Waals surface area contributed by atoms with Gasteiger partial charge in [-0.05, 0) is 0 Å². The molecule has 3 unspecified atom stereocenters. The molecule has 3 atom stereocenters. The van der Waals surface area contributed by atoms with Crippen LogP contribution in [0.2, 0.25) is 0 Å². The molecule has 0 amide bonds. The molecule has 0 aliphatic rings. The van der Waals surface area contributed by atoms with Gasteiger partial charge in [-0.25, -0.2) is 4.57 Å². The van der Waals surface area contributed by atoms with Crippen molar-refractivity contribution in [3.63, 3.8) is 0 Å². The summed E-state index contributed by atoms with van der Waals surface area (Å²) in [5.74, 6) is -0.755. The number of esters is 1. The number of carbonyl (C=O) groups is 1. The van der Waals surface area contributed by atoms with Gasteiger partial charge in [-0.2, -0.15) is 0 Å². The van der Waals surface area contributed by atoms with E-state index in [0.29, 0.717) is 0 Å². The van der Waals surface area contributed by atoms with E-state index in [2.05, 4.69) is 13.8 Å². The predicted octanol–water partition coefficient (Wildman–Crippen LogP) is -0.718. The van der Waals surface area contributed by atoms with E-state index < -0.39 is 32.5 Å². The standard InChI is InChI=1S/C9H20NO8P/c1-14-4-7(15-2)5-17-19(12,13)18-6-8(10)9(11)16-3/h7-8H,4-6,10H2,1-3H3,(H,12,13). The van der Waals surface area contributed by atoms with E-state index in [1.54, 1.807) is 0 Å². The molecule has 0 aromatic heterocycles. The molecule has 0 aromatic rings. The third-order valence-electron chi connectivity index (χ3n) is 2.03. The second-order valence-corrected chi connectivity index (χ2v) is 4.96. The first-order valence-electron chi connectivity index (χ1n) is 5.33. The predicted molar refractivity (Wildman–Crippen MR) is 64.4 cm³/mol. The maximum absolute atomic E-state index is 11.5. The van der Waals surface area contributed by atoms with Gasteiger partial charge < -0.3 is 24.8 Å². The molecule has 0 fully saturated rings. The number of carbonyl (C=O) groups excluding carboxylic acids is 1. The first kappa shape index (κ1) is 18.5. The Kier molecular flexibility index (Phi) is 9.11. The summed E-state index contributed by atoms with van der Waals surface area (Å²) in [6.45, 7) is -0.508. The molecule has 3 N–H and O–H groups in total. The Balaban J connectivity index is 4.10. The Morgan fingerprint density at radius 2 is 1.79 bits per heavy atom. The van der Waals surface area contributed by atoms with Crippen molar-refractivity contribution in [3.05, 3.63) is 0 Å². The van der Waals surface area contributed by atoms with Crippen molar-refractivity contribution in [1.29, 1.82) is 0 Å². The van der Waals surface area contributed by atoms with E-state index in [1.165, 1.54) is 14.2 Å². The minimum Gasteiger partial charge on any atom is -0.468 e. The summed E-state index contributed by atoms with van der Waals surface area (Å²) in [5.41, 5.74) is 5.33. The lowest BCUT2D eigenvalue weighted by molar-refractivity contribution is -0.142. The maximum atomic E-state index is 11.5. The minimum atomic E-state index is -4.31. The van der Waals surface area contributed by atoms with Crippen LogP contribution >= 0.6 is 7.82 Å². The van der Waals surface area contributed by atoms with Gasteiger partial charge in [-0.15, -0.1) is 0 Å². The van der Waals surface area contributed by atoms with E-state index in [1.807, 2.05) is 0 Å². The summed E-state index contributed by atoms with van der Waals surface area (Å²) in [4.78, 5) is 20.3. The maximum Gasteiger partial charge on any atom is 0.472 e. The fourth-order valence-electron chi connectivity index (χ4n) is 0.979. The molecule has 0 saturated heterocycles. The Bertz CT molecular complexity index is 313. The zero-order valence-electron chi connectivity index (χ0n) is 11.1. The SMILES string of the molecule is COCC(COP(=O)(O)OCC(N)C(=O)OC)OC. The second kappa shape index (κ2) is 9.38. The molecule has 9 nitrogen and oxygen atoms in total. The Morgan fingerprint density at radius 3 is 2.26 bits per heavy atom. The summed E-state index contributed by atoms with van der Waals surface area (Å²) < 4.78 is 34.8. The summed E-state index contributed by atoms with van der Waals surface area (Å²) in [6.07, 6.45) is -0.511. The van der Waals surface area contributed by atoms with Crippen molar-refractivity contribution < 1.29 is 37.5 Å². The van der Waals surface area contributed by atoms with Crippen LogP contribution in [-0.2, 0) is 32.6 Å². The lowest BCUT2D eigenvalue weighted by Crippen LogP contribution is -2.35. The smallest absolute Gasteiger partial charge is 0.468 e. The summed E-state index contributed by atoms with van der Waals surface area (Å²) in [7, 11) is -0.306. The molecule has 0 rings (SSSR count). The van der Waals surface area contributed by atoms with E-state index in [0.717, 1.165) is 7.11 Å². The quantitative estimate of drug-likeness (QED) is 0.397. The zero-order chi connectivity index (χ0) is 14.9. The highest BCUT2D eigenvalue weighted by molar-refractivity contribution is 7.47. The van der Waals surface area contributed by atoms with E-state index in [-0.39, 0.29) is 13.2 Å². The first-order valence-corrected chi connectivity index (χ1v) is 6.82. The fourth-order valence-corrected chi connectivity index (χ4v) is 1.76. The number of methoxy groups -OCH3 is 3. The molecule has 19 heavy (non-hydrogen) atoms. The lowest BCUT2D eigenvalue weighted by Gasteiger charge is -2.18. The molecule has 114 valence electrons. The molecule has 0 bridgehead atoms. The normalized spacial score (nSPS) is 17.5. The molecule has 0 aromatic carbocycles. The number of hydrogen-bond acceptors (Lipinski definition) is 8. The van der Waals surface area contributed by atoms with Gasteiger partial charge >= 0.3 is 13.8 Å². The van der Waals surface area contributed by atoms with Gasteiger partial charge in [0.1, 0.15) is 12.1 Å². The number of phosphoric ester groups is 1. The van der Waals surface area contributed by atoms with Crippen LogP contribution in [0.25, 0.3) is 0 Å². The minimum absolute atomic E-state index is 0.193. The van der Waals surface area contributed by atoms with Gasteiger partial charge in [0.25, 0.3) is 0 Å². The third-order valence-corrected chi connectivity index (χ3v) is 2.98. The highest BCUT2D eigenvalue weighted by Crippen LogP contribution is 2.43. The van der Waals surface area contributed by atoms with Gasteiger partial charge in [-0.1, -0.05) is 0 Å². The van der Waals surface area contributed by atoms with Gasteiger partial charge in [-0.3, -0.25) is 13.8 Å². The molecule has 0 aliphatic heterocycles. The lowest BCUT2D eigenvalue weighted by atomic mass is 10.3. The van der Waals surface area contributed by atoms with Gasteiger partial charge in [0.2, 0.25) is 0 Å². The van der Waals surface area contributed by atoms with E-state index in [9.17, 15) is 14.3 Å². The van der Waals surface area contributed by atoms with Crippen molar-refractivity contribution in [2.75, 3.05) is 41.2 Å². The van der Waals surface area contributed by atoms with Crippen LogP contribution in [0.4, 0.5) is 0 Å². The molecule has 10 heteroatoms. The molecule has 0 aliphatic carbocycles. The molecule has 0 saturated carbocycles. The average Bonchev–Trinajstić information content (AvgIpc) is 2.39. The van der Waals surface area contributed by atoms with Crippen LogP contribution in [0.15, 0.2) is 0 Å². The zero-order valence-corrected chi connectivity index (χ0v) is 12.0. The second-order valence-electron chi connectivity index (χ2n) is 3.50. The fraction of sp³-hybridized carbons (Fsp3) is 0.889. The highest BCUT2D eigenvalue weighted by atomic mass is 31.2. The largest absolute Gasteiger partial charge is 0.472 e. The summed E-state index contributed by atoms with van der Waals surface area (Å²) in [6, 6.07) is -1.16. The number of phosphoric acid groups is 1. The topological polar surface area (TPSA) is 127 Å². The number of hydrogen-bond donors (Lipinski definition) is 2. The third kappa shape index (κ3) is 8.27. The first-order chi connectivity index (χ1) is 8.86. The number of ether oxygens (including phenoxy) is 3. The summed E-state index contributed by atoms with van der Waals surface area (Å²) >= 11 is 0. The Morgan fingerprint density at radius 1 is 1.21 bits per heavy atom. The van der Waals surface area contributed by atoms with E-state index in [4.69, 9.17) is 15.2 Å². The van der Waals surface area contributed by atoms with E-state index >= 15 is 0 Å². The van der Waals surface area contributed by atoms with Crippen LogP contribution in [-0.4, -0.2) is 64.2 Å². The van der Waals surface area contributed by atoms with Crippen LogP contribution < -0.4 is 5.73 Å². The number of rotatable bonds is 10. The van der Waals surface area contributed by atoms with Crippen LogP contribution in [0.5, 0.6) is 0 Å². The van der Waals surface area contributed by atoms with Crippen LogP contribution in [0.3, 0.4) is 0 Å². The van der Waals surface area contributed by atoms with Crippen LogP contribution in [0, 0.1) is 0 Å². The van der Waals surface area contributed by atoms with Gasteiger partial charge in [0.15, 0.2) is 0 Å². The molecule has 0 heterocycles. The van der Waals surface area contributed by atoms with Gasteiger partial charge in [0, 0.05) is 14.2 Å². The monoisotopic (exact) mass is 301 g/mol. The molecule has 0 spiro atoms. The van der Waals surface area contributed by atoms with Gasteiger partial charge in [0.05, 0.1) is 26.9 Å². The van der Waals surface area contributed by atoms with Crippen molar-refractivity contribution in [1.82, 2.24) is 0 Å². The Hall–Kier alpha value is -0.540. The summed E-state index contributed by atoms with van der Waals surface area (Å²) in [5, 5.41) is 0. The van der Waals surface area contributed by atoms with Crippen molar-refractivity contribution in [2.45, 2.75) is 12.1 Å². The van der Waals surface area contributed by atoms with Crippen LogP contribution in [0.1, 0.15) is 0 Å². The molecular weight excluding hydrogens is 281 g/mol. The van der Waals surface area contributed by atoms with Crippen molar-refractivity contribution in [3.8, 4) is 0 Å². The van der Waals surface area contributed by atoms with Crippen molar-refractivity contribution in [2.24, 2.45) is 5.73 Å². The molecular formula is C9H20NO8P. The average molecular weight is 301 g/mol. The number of nitrogens with two attached hydrogens (primary N) is 1. The van der Waals surface area contributed by atoms with Crippen molar-refractivity contribution >= 4 is 13.8 Å². The Labute approximate surface area is 111 Å². The molecule has 0 radical (unpaired) electrons.